The van der Waals surface area contributed by atoms with E-state index in [2.05, 4.69) is 5.32 Å². The minimum absolute atomic E-state index is 0.165. The fourth-order valence-electron chi connectivity index (χ4n) is 2.51. The molecule has 0 spiro atoms. The molecule has 3 rings (SSSR count). The van der Waals surface area contributed by atoms with Crippen LogP contribution in [0.5, 0.6) is 5.75 Å². The number of amides is 1. The van der Waals surface area contributed by atoms with E-state index in [-0.39, 0.29) is 23.5 Å². The summed E-state index contributed by atoms with van der Waals surface area (Å²) >= 11 is 3.18. The third-order valence-corrected chi connectivity index (χ3v) is 5.98. The van der Waals surface area contributed by atoms with Crippen molar-refractivity contribution in [3.63, 3.8) is 0 Å². The Morgan fingerprint density at radius 3 is 2.80 bits per heavy atom. The molecule has 2 atom stereocenters. The number of fused-ring (bicyclic) bond motifs is 1. The van der Waals surface area contributed by atoms with E-state index in [1.807, 2.05) is 11.4 Å². The fourth-order valence-corrected chi connectivity index (χ4v) is 4.82. The maximum absolute atomic E-state index is 12.9. The molecule has 2 N–H and O–H groups in total. The van der Waals surface area contributed by atoms with Gasteiger partial charge in [0.1, 0.15) is 16.8 Å². The molecule has 0 saturated heterocycles. The summed E-state index contributed by atoms with van der Waals surface area (Å²) in [5.41, 5.74) is 1.00. The van der Waals surface area contributed by atoms with Gasteiger partial charge in [0.2, 0.25) is 12.0 Å². The van der Waals surface area contributed by atoms with Crippen molar-refractivity contribution in [2.24, 2.45) is 0 Å². The van der Waals surface area contributed by atoms with E-state index >= 15 is 0 Å². The average molecular weight is 381 g/mol. The maximum atomic E-state index is 12.9. The molecule has 0 bridgehead atoms. The van der Waals surface area contributed by atoms with Crippen molar-refractivity contribution in [1.82, 2.24) is 5.32 Å². The van der Waals surface area contributed by atoms with Crippen molar-refractivity contribution in [1.29, 1.82) is 0 Å². The lowest BCUT2D eigenvalue weighted by molar-refractivity contribution is -0.145. The van der Waals surface area contributed by atoms with Gasteiger partial charge in [-0.2, -0.15) is 0 Å². The Labute approximate surface area is 152 Å². The largest absolute Gasteiger partial charge is 0.478 e. The summed E-state index contributed by atoms with van der Waals surface area (Å²) in [4.78, 5) is 25.0. The van der Waals surface area contributed by atoms with Crippen LogP contribution in [0.1, 0.15) is 15.7 Å². The molecule has 1 aliphatic heterocycles. The Kier molecular flexibility index (Phi) is 5.60. The van der Waals surface area contributed by atoms with Crippen molar-refractivity contribution in [3.8, 4) is 5.75 Å². The van der Waals surface area contributed by atoms with Crippen LogP contribution >= 0.6 is 23.1 Å². The number of benzene rings is 1. The predicted molar refractivity (Wildman–Crippen MR) is 94.7 cm³/mol. The van der Waals surface area contributed by atoms with Gasteiger partial charge in [-0.3, -0.25) is 4.79 Å². The lowest BCUT2D eigenvalue weighted by atomic mass is 10.1. The molecule has 5 nitrogen and oxygen atoms in total. The summed E-state index contributed by atoms with van der Waals surface area (Å²) in [7, 11) is 0. The quantitative estimate of drug-likeness (QED) is 0.805. The minimum atomic E-state index is -1.25. The third kappa shape index (κ3) is 4.32. The normalized spacial score (nSPS) is 17.4. The van der Waals surface area contributed by atoms with Gasteiger partial charge >= 0.3 is 5.97 Å². The van der Waals surface area contributed by atoms with Gasteiger partial charge < -0.3 is 15.2 Å². The third-order valence-electron chi connectivity index (χ3n) is 3.74. The van der Waals surface area contributed by atoms with Crippen molar-refractivity contribution < 1.29 is 23.8 Å². The van der Waals surface area contributed by atoms with Crippen LogP contribution in [-0.2, 0) is 16.0 Å². The summed E-state index contributed by atoms with van der Waals surface area (Å²) in [5.74, 6) is -0.765. The van der Waals surface area contributed by atoms with E-state index in [1.165, 1.54) is 29.1 Å². The molecule has 1 aromatic heterocycles. The predicted octanol–water partition coefficient (Wildman–Crippen LogP) is 2.87. The maximum Gasteiger partial charge on any atom is 0.346 e. The molecule has 0 saturated carbocycles. The van der Waals surface area contributed by atoms with E-state index in [0.29, 0.717) is 0 Å². The molecule has 2 unspecified atom stereocenters. The smallest absolute Gasteiger partial charge is 0.346 e. The lowest BCUT2D eigenvalue weighted by Gasteiger charge is -2.22. The summed E-state index contributed by atoms with van der Waals surface area (Å²) < 4.78 is 18.2. The highest BCUT2D eigenvalue weighted by Gasteiger charge is 2.29. The van der Waals surface area contributed by atoms with Crippen LogP contribution in [0.3, 0.4) is 0 Å². The van der Waals surface area contributed by atoms with Gasteiger partial charge in [0.15, 0.2) is 0 Å². The van der Waals surface area contributed by atoms with E-state index in [4.69, 9.17) is 4.74 Å². The molecular formula is C17H16FNO4S2. The zero-order valence-corrected chi connectivity index (χ0v) is 14.7. The second-order valence-corrected chi connectivity index (χ2v) is 7.66. The number of hydrogen-bond acceptors (Lipinski definition) is 5. The Morgan fingerprint density at radius 2 is 2.08 bits per heavy atom. The topological polar surface area (TPSA) is 75.6 Å². The number of thiophene rings is 1. The van der Waals surface area contributed by atoms with Crippen LogP contribution < -0.4 is 10.1 Å². The zero-order valence-electron chi connectivity index (χ0n) is 13.1. The molecule has 1 aliphatic rings. The summed E-state index contributed by atoms with van der Waals surface area (Å²) in [5, 5.41) is 13.6. The molecule has 8 heteroatoms. The Hall–Kier alpha value is -2.06. The molecule has 2 aromatic rings. The van der Waals surface area contributed by atoms with Crippen LogP contribution in [0.4, 0.5) is 4.39 Å². The number of nitrogens with one attached hydrogen (secondary N) is 1. The molecule has 0 aliphatic carbocycles. The number of carboxylic acids is 1. The van der Waals surface area contributed by atoms with Crippen molar-refractivity contribution in [2.45, 2.75) is 17.8 Å². The molecule has 0 radical (unpaired) electrons. The fraction of sp³-hybridized carbons (Fsp3) is 0.294. The Balaban J connectivity index is 1.61. The molecule has 0 fully saturated rings. The van der Waals surface area contributed by atoms with Gasteiger partial charge in [-0.15, -0.1) is 23.1 Å². The number of ether oxygens (including phenoxy) is 1. The van der Waals surface area contributed by atoms with Gasteiger partial charge in [0.05, 0.1) is 6.54 Å². The minimum Gasteiger partial charge on any atom is -0.478 e. The monoisotopic (exact) mass is 381 g/mol. The second kappa shape index (κ2) is 7.88. The van der Waals surface area contributed by atoms with Gasteiger partial charge in [0, 0.05) is 4.88 Å². The van der Waals surface area contributed by atoms with Crippen LogP contribution in [0, 0.1) is 5.82 Å². The van der Waals surface area contributed by atoms with E-state index in [9.17, 15) is 19.1 Å². The lowest BCUT2D eigenvalue weighted by Crippen LogP contribution is -2.42. The van der Waals surface area contributed by atoms with E-state index in [0.717, 1.165) is 17.7 Å². The molecular weight excluding hydrogens is 365 g/mol. The second-order valence-electron chi connectivity index (χ2n) is 5.44. The molecule has 1 aromatic carbocycles. The molecule has 2 heterocycles. The van der Waals surface area contributed by atoms with Gasteiger partial charge in [-0.1, -0.05) is 0 Å². The Morgan fingerprint density at radius 1 is 1.32 bits per heavy atom. The zero-order chi connectivity index (χ0) is 17.8. The molecule has 132 valence electrons. The van der Waals surface area contributed by atoms with Crippen molar-refractivity contribution in [3.05, 3.63) is 52.0 Å². The molecule has 25 heavy (non-hydrogen) atoms. The number of aryl methyl sites for hydroxylation is 1. The number of halogens is 1. The summed E-state index contributed by atoms with van der Waals surface area (Å²) in [6.45, 7) is -0.165. The number of aliphatic carboxylic acids is 1. The first-order valence-corrected chi connectivity index (χ1v) is 9.58. The van der Waals surface area contributed by atoms with Crippen LogP contribution in [0.2, 0.25) is 0 Å². The van der Waals surface area contributed by atoms with Crippen molar-refractivity contribution in [2.75, 3.05) is 12.3 Å². The number of rotatable bonds is 6. The highest BCUT2D eigenvalue weighted by Crippen LogP contribution is 2.39. The van der Waals surface area contributed by atoms with Gasteiger partial charge in [-0.25, -0.2) is 9.18 Å². The first-order chi connectivity index (χ1) is 12.0. The van der Waals surface area contributed by atoms with Crippen molar-refractivity contribution >= 4 is 35.0 Å². The highest BCUT2D eigenvalue weighted by molar-refractivity contribution is 8.00. The summed E-state index contributed by atoms with van der Waals surface area (Å²) in [6, 6.07) is 7.01. The number of carbonyl (C=O) groups excluding carboxylic acids is 1. The first kappa shape index (κ1) is 17.8. The van der Waals surface area contributed by atoms with Gasteiger partial charge in [0.25, 0.3) is 0 Å². The number of carbonyl (C=O) groups is 2. The van der Waals surface area contributed by atoms with Crippen LogP contribution in [-0.4, -0.2) is 35.4 Å². The standard InChI is InChI=1S/C17H16FNO4S2/c18-10-1-3-11(4-2-10)23-13(17(21)22)9-19-16(20)15-12-5-7-24-14(12)6-8-25-15/h1-5,7,13,15H,6,8-9H2,(H,19,20)(H,21,22). The highest BCUT2D eigenvalue weighted by atomic mass is 32.2. The van der Waals surface area contributed by atoms with Crippen LogP contribution in [0.25, 0.3) is 0 Å². The first-order valence-electron chi connectivity index (χ1n) is 7.65. The van der Waals surface area contributed by atoms with Gasteiger partial charge in [-0.05, 0) is 53.4 Å². The average Bonchev–Trinajstić information content (AvgIpc) is 3.08. The Bertz CT molecular complexity index is 762. The number of carboxylic acid groups (broad SMARTS) is 1. The van der Waals surface area contributed by atoms with E-state index in [1.54, 1.807) is 23.1 Å². The summed E-state index contributed by atoms with van der Waals surface area (Å²) in [6.07, 6.45) is -0.294. The van der Waals surface area contributed by atoms with Crippen LogP contribution in [0.15, 0.2) is 35.7 Å². The number of thioether (sulfide) groups is 1. The molecule has 1 amide bonds. The van der Waals surface area contributed by atoms with E-state index < -0.39 is 17.9 Å². The SMILES string of the molecule is O=C(O)C(CNC(=O)C1SCCc2sccc21)Oc1ccc(F)cc1. The number of hydrogen-bond donors (Lipinski definition) is 2.